The minimum Gasteiger partial charge on any atom is -0.436 e. The van der Waals surface area contributed by atoms with Gasteiger partial charge in [0.2, 0.25) is 0 Å². The van der Waals surface area contributed by atoms with Crippen molar-refractivity contribution < 1.29 is 14.4 Å². The van der Waals surface area contributed by atoms with Gasteiger partial charge in [0.25, 0.3) is 0 Å². The Kier molecular flexibility index (Phi) is 4.51. The summed E-state index contributed by atoms with van der Waals surface area (Å²) >= 11 is 0. The fourth-order valence-electron chi connectivity index (χ4n) is 4.68. The zero-order valence-corrected chi connectivity index (χ0v) is 16.5. The molecule has 9 heteroatoms. The van der Waals surface area contributed by atoms with Crippen LogP contribution in [-0.2, 0) is 24.2 Å². The maximum atomic E-state index is 10.9. The average molecular weight is 399 g/mol. The van der Waals surface area contributed by atoms with Gasteiger partial charge < -0.3 is 19.6 Å². The molecule has 0 unspecified atom stereocenters. The van der Waals surface area contributed by atoms with Gasteiger partial charge in [-0.15, -0.1) is 0 Å². The molecule has 154 valence electrons. The van der Waals surface area contributed by atoms with Gasteiger partial charge in [-0.1, -0.05) is 6.07 Å². The molecule has 1 fully saturated rings. The molecular formula is C20H25N5O4. The number of ether oxygens (including phenoxy) is 2. The first-order chi connectivity index (χ1) is 14.0. The van der Waals surface area contributed by atoms with Crippen molar-refractivity contribution in [3.63, 3.8) is 0 Å². The third kappa shape index (κ3) is 3.60. The molecule has 9 nitrogen and oxygen atoms in total. The monoisotopic (exact) mass is 399 g/mol. The van der Waals surface area contributed by atoms with Crippen LogP contribution in [0.2, 0.25) is 0 Å². The Bertz CT molecular complexity index is 913. The maximum absolute atomic E-state index is 10.9. The van der Waals surface area contributed by atoms with Crippen molar-refractivity contribution in [1.29, 1.82) is 0 Å². The Balaban J connectivity index is 1.24. The number of pyridine rings is 1. The molecule has 0 aliphatic carbocycles. The van der Waals surface area contributed by atoms with Crippen LogP contribution >= 0.6 is 0 Å². The maximum Gasteiger partial charge on any atom is 0.415 e. The second kappa shape index (κ2) is 7.07. The van der Waals surface area contributed by atoms with Crippen LogP contribution in [0.1, 0.15) is 42.6 Å². The lowest BCUT2D eigenvalue weighted by Gasteiger charge is -2.34. The first kappa shape index (κ1) is 18.5. The van der Waals surface area contributed by atoms with E-state index in [1.54, 1.807) is 4.57 Å². The fraction of sp³-hybridized carbons (Fsp3) is 0.600. The Morgan fingerprint density at radius 1 is 1.31 bits per heavy atom. The summed E-state index contributed by atoms with van der Waals surface area (Å²) in [6.45, 7) is 6.78. The average Bonchev–Trinajstić information content (AvgIpc) is 3.23. The van der Waals surface area contributed by atoms with Crippen LogP contribution in [0.5, 0.6) is 6.01 Å². The lowest BCUT2D eigenvalue weighted by molar-refractivity contribution is -0.389. The quantitative estimate of drug-likeness (QED) is 0.575. The van der Waals surface area contributed by atoms with E-state index in [0.717, 1.165) is 52.1 Å². The van der Waals surface area contributed by atoms with Crippen LogP contribution in [0.3, 0.4) is 0 Å². The summed E-state index contributed by atoms with van der Waals surface area (Å²) in [6.07, 6.45) is 4.49. The summed E-state index contributed by atoms with van der Waals surface area (Å²) in [5.74, 6) is 0.351. The van der Waals surface area contributed by atoms with Gasteiger partial charge in [0, 0.05) is 61.6 Å². The number of rotatable bonds is 4. The van der Waals surface area contributed by atoms with Crippen molar-refractivity contribution in [2.75, 3.05) is 26.3 Å². The van der Waals surface area contributed by atoms with Crippen LogP contribution in [0.25, 0.3) is 0 Å². The number of imidazole rings is 1. The number of nitro groups is 1. The summed E-state index contributed by atoms with van der Waals surface area (Å²) in [6, 6.07) is 4.74. The Labute approximate surface area is 168 Å². The molecule has 0 radical (unpaired) electrons. The van der Waals surface area contributed by atoms with Crippen molar-refractivity contribution >= 4 is 5.82 Å². The standard InChI is InChI=1S/C20H25N5O4/c1-20(13-24-11-18(25(26)27)22-19(24)29-20)12-23-7-4-17-15(10-23)2-3-16(21-17)14-5-8-28-9-6-14/h2-3,11,14H,4-10,12-13H2,1H3/t20-/m0/s1. The summed E-state index contributed by atoms with van der Waals surface area (Å²) in [7, 11) is 0. The molecule has 1 atom stereocenters. The Hall–Kier alpha value is -2.52. The highest BCUT2D eigenvalue weighted by Gasteiger charge is 2.41. The molecule has 0 saturated carbocycles. The van der Waals surface area contributed by atoms with Crippen molar-refractivity contribution in [2.24, 2.45) is 0 Å². The molecule has 5 heterocycles. The minimum absolute atomic E-state index is 0.166. The van der Waals surface area contributed by atoms with E-state index in [2.05, 4.69) is 22.0 Å². The van der Waals surface area contributed by atoms with E-state index >= 15 is 0 Å². The number of hydrogen-bond donors (Lipinski definition) is 0. The first-order valence-corrected chi connectivity index (χ1v) is 10.2. The largest absolute Gasteiger partial charge is 0.436 e. The predicted molar refractivity (Wildman–Crippen MR) is 104 cm³/mol. The zero-order valence-electron chi connectivity index (χ0n) is 16.5. The topological polar surface area (TPSA) is 95.6 Å². The molecule has 0 N–H and O–H groups in total. The van der Waals surface area contributed by atoms with E-state index in [-0.39, 0.29) is 5.82 Å². The Morgan fingerprint density at radius 3 is 2.90 bits per heavy atom. The number of aromatic nitrogens is 3. The molecule has 0 spiro atoms. The van der Waals surface area contributed by atoms with Crippen molar-refractivity contribution in [2.45, 2.75) is 50.8 Å². The lowest BCUT2D eigenvalue weighted by atomic mass is 9.94. The smallest absolute Gasteiger partial charge is 0.415 e. The molecule has 1 saturated heterocycles. The summed E-state index contributed by atoms with van der Waals surface area (Å²) in [4.78, 5) is 21.7. The van der Waals surface area contributed by atoms with Crippen LogP contribution in [0.4, 0.5) is 5.82 Å². The molecule has 0 bridgehead atoms. The molecule has 5 rings (SSSR count). The van der Waals surface area contributed by atoms with E-state index in [0.29, 0.717) is 18.5 Å². The number of nitrogens with zero attached hydrogens (tertiary/aromatic N) is 5. The van der Waals surface area contributed by atoms with Crippen LogP contribution < -0.4 is 4.74 Å². The van der Waals surface area contributed by atoms with Gasteiger partial charge in [-0.2, -0.15) is 0 Å². The molecule has 3 aliphatic heterocycles. The second-order valence-electron chi connectivity index (χ2n) is 8.51. The van der Waals surface area contributed by atoms with Gasteiger partial charge in [-0.3, -0.25) is 14.5 Å². The first-order valence-electron chi connectivity index (χ1n) is 10.2. The van der Waals surface area contributed by atoms with Gasteiger partial charge in [0.1, 0.15) is 11.8 Å². The second-order valence-corrected chi connectivity index (χ2v) is 8.51. The van der Waals surface area contributed by atoms with Gasteiger partial charge in [-0.05, 0) is 36.3 Å². The van der Waals surface area contributed by atoms with Crippen molar-refractivity contribution in [3.8, 4) is 6.01 Å². The highest BCUT2D eigenvalue weighted by atomic mass is 16.6. The third-order valence-electron chi connectivity index (χ3n) is 6.10. The zero-order chi connectivity index (χ0) is 20.0. The summed E-state index contributed by atoms with van der Waals surface area (Å²) in [5, 5.41) is 10.9. The van der Waals surface area contributed by atoms with Crippen LogP contribution in [0.15, 0.2) is 18.3 Å². The van der Waals surface area contributed by atoms with E-state index in [1.807, 2.05) is 6.92 Å². The van der Waals surface area contributed by atoms with Gasteiger partial charge in [0.15, 0.2) is 0 Å². The molecule has 0 aromatic carbocycles. The SMILES string of the molecule is C[C@]1(CN2CCc3nc(C4CCOCC4)ccc3C2)Cn2cc([N+](=O)[O-])nc2O1. The van der Waals surface area contributed by atoms with Crippen LogP contribution in [-0.4, -0.2) is 56.3 Å². The lowest BCUT2D eigenvalue weighted by Crippen LogP contribution is -2.46. The summed E-state index contributed by atoms with van der Waals surface area (Å²) in [5.41, 5.74) is 3.26. The molecule has 0 amide bonds. The molecule has 2 aromatic heterocycles. The van der Waals surface area contributed by atoms with Gasteiger partial charge >= 0.3 is 11.8 Å². The number of fused-ring (bicyclic) bond motifs is 2. The molecule has 29 heavy (non-hydrogen) atoms. The van der Waals surface area contributed by atoms with E-state index in [1.165, 1.54) is 23.1 Å². The van der Waals surface area contributed by atoms with Crippen LogP contribution in [0, 0.1) is 10.1 Å². The molecular weight excluding hydrogens is 374 g/mol. The van der Waals surface area contributed by atoms with Crippen molar-refractivity contribution in [1.82, 2.24) is 19.4 Å². The highest BCUT2D eigenvalue weighted by Crippen LogP contribution is 2.33. The normalized spacial score (nSPS) is 24.7. The Morgan fingerprint density at radius 2 is 2.14 bits per heavy atom. The molecule has 2 aromatic rings. The van der Waals surface area contributed by atoms with Gasteiger partial charge in [-0.25, -0.2) is 0 Å². The van der Waals surface area contributed by atoms with E-state index < -0.39 is 10.5 Å². The number of hydrogen-bond acceptors (Lipinski definition) is 7. The fourth-order valence-corrected chi connectivity index (χ4v) is 4.68. The highest BCUT2D eigenvalue weighted by molar-refractivity contribution is 5.28. The summed E-state index contributed by atoms with van der Waals surface area (Å²) < 4.78 is 13.2. The van der Waals surface area contributed by atoms with E-state index in [4.69, 9.17) is 14.5 Å². The third-order valence-corrected chi connectivity index (χ3v) is 6.10. The molecule has 3 aliphatic rings. The van der Waals surface area contributed by atoms with Crippen molar-refractivity contribution in [3.05, 3.63) is 45.4 Å². The predicted octanol–water partition coefficient (Wildman–Crippen LogP) is 2.29. The van der Waals surface area contributed by atoms with E-state index in [9.17, 15) is 10.1 Å². The van der Waals surface area contributed by atoms with Gasteiger partial charge in [0.05, 0.1) is 6.54 Å². The minimum atomic E-state index is -0.491.